The number of aryl methyl sites for hydroxylation is 1. The van der Waals surface area contributed by atoms with Gasteiger partial charge in [-0.3, -0.25) is 9.48 Å². The Morgan fingerprint density at radius 2 is 2.32 bits per heavy atom. The maximum absolute atomic E-state index is 11.1. The first-order valence-corrected chi connectivity index (χ1v) is 6.04. The van der Waals surface area contributed by atoms with Gasteiger partial charge in [0.1, 0.15) is 5.75 Å². The Morgan fingerprint density at radius 3 is 2.95 bits per heavy atom. The molecule has 0 fully saturated rings. The number of phenolic OH excluding ortho intramolecular Hbond substituents is 1. The Morgan fingerprint density at radius 1 is 1.47 bits per heavy atom. The van der Waals surface area contributed by atoms with Crippen molar-refractivity contribution in [2.24, 2.45) is 0 Å². The molecule has 0 aliphatic carbocycles. The number of aromatic nitrogens is 2. The predicted molar refractivity (Wildman–Crippen MR) is 69.8 cm³/mol. The highest BCUT2D eigenvalue weighted by Gasteiger charge is 2.07. The summed E-state index contributed by atoms with van der Waals surface area (Å²) >= 11 is 0. The number of nitrogens with zero attached hydrogens (tertiary/aromatic N) is 2. The van der Waals surface area contributed by atoms with Crippen LogP contribution in [-0.2, 0) is 22.5 Å². The van der Waals surface area contributed by atoms with Crippen molar-refractivity contribution < 1.29 is 14.6 Å². The van der Waals surface area contributed by atoms with Crippen molar-refractivity contribution in [2.75, 3.05) is 7.11 Å². The van der Waals surface area contributed by atoms with Gasteiger partial charge in [-0.1, -0.05) is 12.1 Å². The van der Waals surface area contributed by atoms with Crippen LogP contribution < -0.4 is 0 Å². The van der Waals surface area contributed by atoms with E-state index in [1.165, 1.54) is 7.11 Å². The summed E-state index contributed by atoms with van der Waals surface area (Å²) in [6.07, 6.45) is 4.32. The molecule has 0 amide bonds. The topological polar surface area (TPSA) is 64.4 Å². The molecule has 100 valence electrons. The molecule has 1 heterocycles. The zero-order valence-electron chi connectivity index (χ0n) is 10.7. The van der Waals surface area contributed by atoms with Crippen LogP contribution in [0.15, 0.2) is 36.7 Å². The lowest BCUT2D eigenvalue weighted by atomic mass is 10.1. The van der Waals surface area contributed by atoms with Crippen molar-refractivity contribution in [1.82, 2.24) is 9.78 Å². The highest BCUT2D eigenvalue weighted by molar-refractivity contribution is 5.69. The van der Waals surface area contributed by atoms with Gasteiger partial charge in [0.15, 0.2) is 0 Å². The van der Waals surface area contributed by atoms with Crippen LogP contribution in [0.1, 0.15) is 17.5 Å². The highest BCUT2D eigenvalue weighted by atomic mass is 16.5. The van der Waals surface area contributed by atoms with E-state index >= 15 is 0 Å². The number of aromatic hydroxyl groups is 1. The number of methoxy groups -OCH3 is 1. The van der Waals surface area contributed by atoms with Crippen molar-refractivity contribution in [3.05, 3.63) is 47.8 Å². The largest absolute Gasteiger partial charge is 0.508 e. The summed E-state index contributed by atoms with van der Waals surface area (Å²) < 4.78 is 6.35. The molecule has 2 aromatic rings. The summed E-state index contributed by atoms with van der Waals surface area (Å²) in [7, 11) is 1.36. The number of ether oxygens (including phenoxy) is 1. The van der Waals surface area contributed by atoms with Gasteiger partial charge in [-0.2, -0.15) is 5.10 Å². The summed E-state index contributed by atoms with van der Waals surface area (Å²) in [4.78, 5) is 11.1. The maximum atomic E-state index is 11.1. The average Bonchev–Trinajstić information content (AvgIpc) is 2.90. The molecular weight excluding hydrogens is 244 g/mol. The SMILES string of the molecule is COC(=O)CCc1ccc(Cn2cccn2)cc1O. The van der Waals surface area contributed by atoms with Crippen molar-refractivity contribution in [3.63, 3.8) is 0 Å². The van der Waals surface area contributed by atoms with E-state index < -0.39 is 0 Å². The molecule has 0 unspecified atom stereocenters. The minimum atomic E-state index is -0.278. The van der Waals surface area contributed by atoms with E-state index in [4.69, 9.17) is 0 Å². The van der Waals surface area contributed by atoms with Crippen molar-refractivity contribution in [3.8, 4) is 5.75 Å². The minimum absolute atomic E-state index is 0.202. The van der Waals surface area contributed by atoms with Crippen LogP contribution >= 0.6 is 0 Å². The van der Waals surface area contributed by atoms with Crippen LogP contribution in [0.5, 0.6) is 5.75 Å². The van der Waals surface area contributed by atoms with Crippen molar-refractivity contribution in [1.29, 1.82) is 0 Å². The smallest absolute Gasteiger partial charge is 0.305 e. The zero-order chi connectivity index (χ0) is 13.7. The van der Waals surface area contributed by atoms with Gasteiger partial charge in [-0.05, 0) is 29.7 Å². The first-order chi connectivity index (χ1) is 9.19. The van der Waals surface area contributed by atoms with Crippen molar-refractivity contribution in [2.45, 2.75) is 19.4 Å². The minimum Gasteiger partial charge on any atom is -0.508 e. The molecule has 5 nitrogen and oxygen atoms in total. The third kappa shape index (κ3) is 3.58. The number of phenols is 1. The molecule has 0 spiro atoms. The lowest BCUT2D eigenvalue weighted by Gasteiger charge is -2.07. The second kappa shape index (κ2) is 6.04. The predicted octanol–water partition coefficient (Wildman–Crippen LogP) is 1.74. The Kier molecular flexibility index (Phi) is 4.18. The molecule has 19 heavy (non-hydrogen) atoms. The summed E-state index contributed by atoms with van der Waals surface area (Å²) in [5.41, 5.74) is 1.71. The molecule has 0 atom stereocenters. The summed E-state index contributed by atoms with van der Waals surface area (Å²) in [6.45, 7) is 0.609. The van der Waals surface area contributed by atoms with E-state index in [0.29, 0.717) is 13.0 Å². The number of esters is 1. The quantitative estimate of drug-likeness (QED) is 0.832. The fraction of sp³-hybridized carbons (Fsp3) is 0.286. The normalized spacial score (nSPS) is 10.4. The molecule has 0 aliphatic rings. The number of carbonyl (C=O) groups is 1. The van der Waals surface area contributed by atoms with Gasteiger partial charge >= 0.3 is 5.97 Å². The standard InChI is InChI=1S/C14H16N2O3/c1-19-14(18)6-5-12-4-3-11(9-13(12)17)10-16-8-2-7-15-16/h2-4,7-9,17H,5-6,10H2,1H3. The summed E-state index contributed by atoms with van der Waals surface area (Å²) in [5, 5.41) is 14.0. The van der Waals surface area contributed by atoms with E-state index in [9.17, 15) is 9.90 Å². The molecule has 2 rings (SSSR count). The maximum Gasteiger partial charge on any atom is 0.305 e. The highest BCUT2D eigenvalue weighted by Crippen LogP contribution is 2.21. The van der Waals surface area contributed by atoms with Gasteiger partial charge in [-0.15, -0.1) is 0 Å². The van der Waals surface area contributed by atoms with E-state index in [1.54, 1.807) is 16.9 Å². The van der Waals surface area contributed by atoms with Gasteiger partial charge in [0.05, 0.1) is 13.7 Å². The van der Waals surface area contributed by atoms with Crippen LogP contribution in [0.2, 0.25) is 0 Å². The Bertz CT molecular complexity index is 550. The summed E-state index contributed by atoms with van der Waals surface area (Å²) in [5.74, 6) is -0.0754. The van der Waals surface area contributed by atoms with E-state index in [-0.39, 0.29) is 18.1 Å². The Balaban J connectivity index is 2.02. The molecule has 0 aliphatic heterocycles. The molecule has 1 N–H and O–H groups in total. The Labute approximate surface area is 111 Å². The van der Waals surface area contributed by atoms with E-state index in [2.05, 4.69) is 9.84 Å². The van der Waals surface area contributed by atoms with Crippen LogP contribution in [0, 0.1) is 0 Å². The molecule has 0 bridgehead atoms. The lowest BCUT2D eigenvalue weighted by Crippen LogP contribution is -2.03. The van der Waals surface area contributed by atoms with Gasteiger partial charge < -0.3 is 9.84 Å². The molecule has 0 saturated carbocycles. The summed E-state index contributed by atoms with van der Waals surface area (Å²) in [6, 6.07) is 7.31. The van der Waals surface area contributed by atoms with Gasteiger partial charge in [0.25, 0.3) is 0 Å². The van der Waals surface area contributed by atoms with Crippen LogP contribution in [0.25, 0.3) is 0 Å². The average molecular weight is 260 g/mol. The third-order valence-corrected chi connectivity index (χ3v) is 2.88. The lowest BCUT2D eigenvalue weighted by molar-refractivity contribution is -0.140. The fourth-order valence-electron chi connectivity index (χ4n) is 1.84. The molecule has 0 radical (unpaired) electrons. The molecule has 1 aromatic heterocycles. The molecule has 0 saturated heterocycles. The third-order valence-electron chi connectivity index (χ3n) is 2.88. The van der Waals surface area contributed by atoms with Crippen LogP contribution in [-0.4, -0.2) is 28.0 Å². The number of carbonyl (C=O) groups excluding carboxylic acids is 1. The van der Waals surface area contributed by atoms with Crippen LogP contribution in [0.3, 0.4) is 0 Å². The fourth-order valence-corrected chi connectivity index (χ4v) is 1.84. The van der Waals surface area contributed by atoms with Crippen LogP contribution in [0.4, 0.5) is 0 Å². The number of hydrogen-bond donors (Lipinski definition) is 1. The number of hydrogen-bond acceptors (Lipinski definition) is 4. The first-order valence-electron chi connectivity index (χ1n) is 6.04. The number of benzene rings is 1. The van der Waals surface area contributed by atoms with Gasteiger partial charge in [0, 0.05) is 18.8 Å². The zero-order valence-corrected chi connectivity index (χ0v) is 10.7. The van der Waals surface area contributed by atoms with Crippen molar-refractivity contribution >= 4 is 5.97 Å². The first kappa shape index (κ1) is 13.1. The number of rotatable bonds is 5. The molecule has 5 heteroatoms. The second-order valence-electron chi connectivity index (χ2n) is 4.24. The Hall–Kier alpha value is -2.30. The van der Waals surface area contributed by atoms with E-state index in [0.717, 1.165) is 11.1 Å². The molecule has 1 aromatic carbocycles. The van der Waals surface area contributed by atoms with Gasteiger partial charge in [-0.25, -0.2) is 0 Å². The monoisotopic (exact) mass is 260 g/mol. The van der Waals surface area contributed by atoms with Gasteiger partial charge in [0.2, 0.25) is 0 Å². The molecular formula is C14H16N2O3. The van der Waals surface area contributed by atoms with E-state index in [1.807, 2.05) is 24.4 Å². The second-order valence-corrected chi connectivity index (χ2v) is 4.24.